The third kappa shape index (κ3) is 2.94. The van der Waals surface area contributed by atoms with Crippen LogP contribution in [0.4, 0.5) is 0 Å². The Balaban J connectivity index is 1.83. The average molecular weight is 314 g/mol. The molecule has 0 amide bonds. The predicted molar refractivity (Wildman–Crippen MR) is 83.3 cm³/mol. The zero-order valence-corrected chi connectivity index (χ0v) is 13.0. The molecule has 0 fully saturated rings. The number of hydrogen-bond acceptors (Lipinski definition) is 6. The van der Waals surface area contributed by atoms with Crippen molar-refractivity contribution in [1.82, 2.24) is 19.6 Å². The van der Waals surface area contributed by atoms with Crippen molar-refractivity contribution in [1.29, 1.82) is 0 Å². The Morgan fingerprint density at radius 3 is 3.00 bits per heavy atom. The summed E-state index contributed by atoms with van der Waals surface area (Å²) in [6.45, 7) is 1.55. The monoisotopic (exact) mass is 314 g/mol. The van der Waals surface area contributed by atoms with Gasteiger partial charge in [0.25, 0.3) is 5.78 Å². The second-order valence-electron chi connectivity index (χ2n) is 4.63. The summed E-state index contributed by atoms with van der Waals surface area (Å²) in [5.74, 6) is 1.96. The second-order valence-corrected chi connectivity index (χ2v) is 5.57. The van der Waals surface area contributed by atoms with Gasteiger partial charge in [0.2, 0.25) is 5.16 Å². The summed E-state index contributed by atoms with van der Waals surface area (Å²) in [5, 5.41) is 4.97. The zero-order chi connectivity index (χ0) is 15.5. The third-order valence-electron chi connectivity index (χ3n) is 3.14. The van der Waals surface area contributed by atoms with Crippen molar-refractivity contribution in [3.63, 3.8) is 0 Å². The van der Waals surface area contributed by atoms with E-state index in [1.54, 1.807) is 43.1 Å². The van der Waals surface area contributed by atoms with Gasteiger partial charge in [-0.05, 0) is 31.2 Å². The van der Waals surface area contributed by atoms with Crippen molar-refractivity contribution in [3.8, 4) is 5.75 Å². The molecule has 2 heterocycles. The molecule has 7 heteroatoms. The maximum atomic E-state index is 11.5. The van der Waals surface area contributed by atoms with E-state index in [1.165, 1.54) is 11.8 Å². The van der Waals surface area contributed by atoms with E-state index in [0.29, 0.717) is 22.3 Å². The molecule has 0 aliphatic heterocycles. The van der Waals surface area contributed by atoms with E-state index >= 15 is 0 Å². The van der Waals surface area contributed by atoms with Crippen LogP contribution in [-0.2, 0) is 5.75 Å². The van der Waals surface area contributed by atoms with Gasteiger partial charge in [-0.2, -0.15) is 4.98 Å². The predicted octanol–water partition coefficient (Wildman–Crippen LogP) is 2.63. The van der Waals surface area contributed by atoms with Crippen molar-refractivity contribution in [2.45, 2.75) is 17.8 Å². The fraction of sp³-hybridized carbons (Fsp3) is 0.200. The molecular formula is C15H14N4O2S. The van der Waals surface area contributed by atoms with E-state index in [-0.39, 0.29) is 5.78 Å². The minimum atomic E-state index is 0.0314. The number of carbonyl (C=O) groups is 1. The number of nitrogens with zero attached hydrogens (tertiary/aromatic N) is 4. The Morgan fingerprint density at radius 2 is 2.27 bits per heavy atom. The molecule has 0 radical (unpaired) electrons. The molecule has 0 unspecified atom stereocenters. The van der Waals surface area contributed by atoms with Crippen LogP contribution in [0.2, 0.25) is 0 Å². The van der Waals surface area contributed by atoms with Gasteiger partial charge in [-0.25, -0.2) is 9.50 Å². The summed E-state index contributed by atoms with van der Waals surface area (Å²) in [4.78, 5) is 20.0. The molecule has 0 aliphatic rings. The number of thioether (sulfide) groups is 1. The van der Waals surface area contributed by atoms with Gasteiger partial charge in [0.05, 0.1) is 7.11 Å². The number of hydrogen-bond donors (Lipinski definition) is 0. The first kappa shape index (κ1) is 14.5. The quantitative estimate of drug-likeness (QED) is 0.532. The van der Waals surface area contributed by atoms with Gasteiger partial charge < -0.3 is 4.74 Å². The van der Waals surface area contributed by atoms with E-state index in [0.717, 1.165) is 11.3 Å². The molecule has 22 heavy (non-hydrogen) atoms. The summed E-state index contributed by atoms with van der Waals surface area (Å²) < 4.78 is 6.97. The van der Waals surface area contributed by atoms with E-state index in [2.05, 4.69) is 15.1 Å². The molecule has 2 aromatic heterocycles. The Kier molecular flexibility index (Phi) is 4.06. The minimum absolute atomic E-state index is 0.0314. The lowest BCUT2D eigenvalue weighted by Crippen LogP contribution is -1.97. The molecule has 3 rings (SSSR count). The summed E-state index contributed by atoms with van der Waals surface area (Å²) in [6, 6.07) is 7.23. The number of rotatable bonds is 5. The van der Waals surface area contributed by atoms with Crippen molar-refractivity contribution in [3.05, 3.63) is 47.8 Å². The van der Waals surface area contributed by atoms with Gasteiger partial charge in [0, 0.05) is 29.3 Å². The number of ether oxygens (including phenoxy) is 1. The molecule has 3 aromatic rings. The molecule has 0 bridgehead atoms. The lowest BCUT2D eigenvalue weighted by molar-refractivity contribution is 0.101. The Hall–Kier alpha value is -2.41. The molecule has 0 saturated heterocycles. The molecule has 6 nitrogen and oxygen atoms in total. The van der Waals surface area contributed by atoms with E-state index in [1.807, 2.05) is 12.1 Å². The number of carbonyl (C=O) groups excluding carboxylic acids is 1. The fourth-order valence-corrected chi connectivity index (χ4v) is 2.83. The molecule has 0 spiro atoms. The minimum Gasteiger partial charge on any atom is -0.496 e. The second kappa shape index (κ2) is 6.15. The number of ketones is 1. The van der Waals surface area contributed by atoms with Gasteiger partial charge in [-0.15, -0.1) is 5.10 Å². The first-order chi connectivity index (χ1) is 10.7. The molecular weight excluding hydrogens is 300 g/mol. The summed E-state index contributed by atoms with van der Waals surface area (Å²) in [6.07, 6.45) is 3.48. The smallest absolute Gasteiger partial charge is 0.253 e. The molecule has 0 atom stereocenters. The van der Waals surface area contributed by atoms with Gasteiger partial charge >= 0.3 is 0 Å². The van der Waals surface area contributed by atoms with Crippen LogP contribution in [0, 0.1) is 0 Å². The van der Waals surface area contributed by atoms with Gasteiger partial charge in [0.15, 0.2) is 5.78 Å². The summed E-state index contributed by atoms with van der Waals surface area (Å²) in [5.41, 5.74) is 1.60. The molecule has 0 aliphatic carbocycles. The van der Waals surface area contributed by atoms with Crippen LogP contribution >= 0.6 is 11.8 Å². The highest BCUT2D eigenvalue weighted by Crippen LogP contribution is 2.27. The van der Waals surface area contributed by atoms with Crippen LogP contribution in [0.5, 0.6) is 5.75 Å². The van der Waals surface area contributed by atoms with Gasteiger partial charge in [0.1, 0.15) is 5.75 Å². The summed E-state index contributed by atoms with van der Waals surface area (Å²) >= 11 is 1.47. The molecule has 112 valence electrons. The first-order valence-electron chi connectivity index (χ1n) is 6.65. The van der Waals surface area contributed by atoms with Crippen molar-refractivity contribution in [2.75, 3.05) is 7.11 Å². The van der Waals surface area contributed by atoms with Crippen LogP contribution in [0.25, 0.3) is 5.78 Å². The highest BCUT2D eigenvalue weighted by atomic mass is 32.2. The lowest BCUT2D eigenvalue weighted by Gasteiger charge is -2.08. The standard InChI is InChI=1S/C15H14N4O2S/c1-10(20)11-4-5-13(21-2)12(8-11)9-22-15-17-14-16-6-3-7-19(14)18-15/h3-8H,9H2,1-2H3. The lowest BCUT2D eigenvalue weighted by atomic mass is 10.1. The maximum Gasteiger partial charge on any atom is 0.253 e. The number of Topliss-reactive ketones (excluding diaryl/α,β-unsaturated/α-hetero) is 1. The molecule has 0 saturated carbocycles. The number of aromatic nitrogens is 4. The first-order valence-corrected chi connectivity index (χ1v) is 7.64. The van der Waals surface area contributed by atoms with E-state index in [4.69, 9.17) is 4.74 Å². The molecule has 0 N–H and O–H groups in total. The number of fused-ring (bicyclic) bond motifs is 1. The van der Waals surface area contributed by atoms with E-state index in [9.17, 15) is 4.79 Å². The zero-order valence-electron chi connectivity index (χ0n) is 12.2. The SMILES string of the molecule is COc1ccc(C(C)=O)cc1CSc1nc2ncccn2n1. The Morgan fingerprint density at radius 1 is 1.41 bits per heavy atom. The normalized spacial score (nSPS) is 10.8. The highest BCUT2D eigenvalue weighted by Gasteiger charge is 2.10. The summed E-state index contributed by atoms with van der Waals surface area (Å²) in [7, 11) is 1.62. The van der Waals surface area contributed by atoms with E-state index < -0.39 is 0 Å². The van der Waals surface area contributed by atoms with Crippen molar-refractivity contribution >= 4 is 23.3 Å². The largest absolute Gasteiger partial charge is 0.496 e. The topological polar surface area (TPSA) is 69.4 Å². The third-order valence-corrected chi connectivity index (χ3v) is 4.03. The van der Waals surface area contributed by atoms with Crippen molar-refractivity contribution in [2.24, 2.45) is 0 Å². The van der Waals surface area contributed by atoms with Crippen LogP contribution in [0.3, 0.4) is 0 Å². The Labute approximate surface area is 131 Å². The Bertz CT molecular complexity index is 798. The maximum absolute atomic E-state index is 11.5. The molecule has 1 aromatic carbocycles. The number of benzene rings is 1. The van der Waals surface area contributed by atoms with Crippen LogP contribution in [0.15, 0.2) is 41.8 Å². The average Bonchev–Trinajstić information content (AvgIpc) is 2.95. The number of methoxy groups -OCH3 is 1. The highest BCUT2D eigenvalue weighted by molar-refractivity contribution is 7.98. The van der Waals surface area contributed by atoms with Crippen LogP contribution in [-0.4, -0.2) is 32.5 Å². The van der Waals surface area contributed by atoms with Gasteiger partial charge in [-0.1, -0.05) is 11.8 Å². The van der Waals surface area contributed by atoms with Crippen LogP contribution < -0.4 is 4.74 Å². The fourth-order valence-electron chi connectivity index (χ4n) is 2.03. The van der Waals surface area contributed by atoms with Gasteiger partial charge in [-0.3, -0.25) is 4.79 Å². The van der Waals surface area contributed by atoms with Crippen molar-refractivity contribution < 1.29 is 9.53 Å². The van der Waals surface area contributed by atoms with Crippen LogP contribution in [0.1, 0.15) is 22.8 Å².